The summed E-state index contributed by atoms with van der Waals surface area (Å²) in [5.41, 5.74) is 1.96. The van der Waals surface area contributed by atoms with Gasteiger partial charge in [-0.05, 0) is 37.3 Å². The first-order chi connectivity index (χ1) is 12.2. The molecule has 4 rings (SSSR count). The first-order valence-electron chi connectivity index (χ1n) is 9.14. The van der Waals surface area contributed by atoms with Gasteiger partial charge in [0.2, 0.25) is 0 Å². The molecule has 0 aliphatic carbocycles. The Bertz CT molecular complexity index is 728. The Morgan fingerprint density at radius 3 is 2.80 bits per heavy atom. The van der Waals surface area contributed by atoms with Crippen molar-refractivity contribution < 1.29 is 4.79 Å². The van der Waals surface area contributed by atoms with Crippen LogP contribution in [0.2, 0.25) is 0 Å². The van der Waals surface area contributed by atoms with Gasteiger partial charge in [0.15, 0.2) is 0 Å². The fourth-order valence-corrected chi connectivity index (χ4v) is 4.35. The molecule has 1 amide bonds. The van der Waals surface area contributed by atoms with E-state index in [0.717, 1.165) is 32.6 Å². The molecule has 1 aromatic heterocycles. The second-order valence-electron chi connectivity index (χ2n) is 7.21. The molecule has 0 unspecified atom stereocenters. The molecule has 0 N–H and O–H groups in total. The highest BCUT2D eigenvalue weighted by molar-refractivity contribution is 5.92. The number of hydrogen-bond donors (Lipinski definition) is 0. The van der Waals surface area contributed by atoms with E-state index in [2.05, 4.69) is 45.5 Å². The van der Waals surface area contributed by atoms with E-state index in [1.807, 2.05) is 4.90 Å². The molecule has 2 saturated heterocycles. The fourth-order valence-electron chi connectivity index (χ4n) is 4.35. The number of aryl methyl sites for hydroxylation is 1. The zero-order chi connectivity index (χ0) is 17.2. The lowest BCUT2D eigenvalue weighted by Gasteiger charge is -2.47. The number of benzene rings is 1. The topological polar surface area (TPSA) is 54.3 Å². The number of likely N-dealkylation sites (tertiary alicyclic amines) is 2. The number of carbonyl (C=O) groups is 1. The van der Waals surface area contributed by atoms with Crippen molar-refractivity contribution in [2.45, 2.75) is 31.8 Å². The molecule has 25 heavy (non-hydrogen) atoms. The van der Waals surface area contributed by atoms with Gasteiger partial charge in [0, 0.05) is 32.7 Å². The van der Waals surface area contributed by atoms with E-state index in [4.69, 9.17) is 0 Å². The molecular formula is C19H25N5O. The minimum absolute atomic E-state index is 0.0612. The van der Waals surface area contributed by atoms with E-state index in [-0.39, 0.29) is 5.91 Å². The van der Waals surface area contributed by atoms with Gasteiger partial charge in [0.1, 0.15) is 5.69 Å². The first kappa shape index (κ1) is 16.3. The van der Waals surface area contributed by atoms with Crippen LogP contribution in [0.25, 0.3) is 0 Å². The van der Waals surface area contributed by atoms with Crippen molar-refractivity contribution in [2.24, 2.45) is 13.0 Å². The van der Waals surface area contributed by atoms with Gasteiger partial charge in [-0.25, -0.2) is 4.68 Å². The number of fused-ring (bicyclic) bond motifs is 1. The smallest absolute Gasteiger partial charge is 0.273 e. The second kappa shape index (κ2) is 6.96. The van der Waals surface area contributed by atoms with Crippen LogP contribution in [-0.4, -0.2) is 56.4 Å². The van der Waals surface area contributed by atoms with Crippen molar-refractivity contribution in [3.63, 3.8) is 0 Å². The number of hydrogen-bond acceptors (Lipinski definition) is 4. The van der Waals surface area contributed by atoms with Crippen molar-refractivity contribution in [2.75, 3.05) is 19.6 Å². The van der Waals surface area contributed by atoms with Crippen LogP contribution in [0.5, 0.6) is 0 Å². The summed E-state index contributed by atoms with van der Waals surface area (Å²) in [6.45, 7) is 3.84. The van der Waals surface area contributed by atoms with Crippen LogP contribution >= 0.6 is 0 Å². The van der Waals surface area contributed by atoms with Crippen LogP contribution in [0.4, 0.5) is 0 Å². The normalized spacial score (nSPS) is 24.1. The molecule has 2 aliphatic heterocycles. The lowest BCUT2D eigenvalue weighted by molar-refractivity contribution is 0.0170. The Balaban J connectivity index is 1.43. The first-order valence-corrected chi connectivity index (χ1v) is 9.14. The lowest BCUT2D eigenvalue weighted by Crippen LogP contribution is -2.54. The third-order valence-corrected chi connectivity index (χ3v) is 5.63. The van der Waals surface area contributed by atoms with Crippen molar-refractivity contribution in [1.29, 1.82) is 0 Å². The second-order valence-corrected chi connectivity index (χ2v) is 7.21. The maximum atomic E-state index is 12.7. The maximum Gasteiger partial charge on any atom is 0.273 e. The molecule has 0 radical (unpaired) electrons. The van der Waals surface area contributed by atoms with Crippen molar-refractivity contribution in [3.05, 3.63) is 47.8 Å². The monoisotopic (exact) mass is 339 g/mol. The van der Waals surface area contributed by atoms with Crippen LogP contribution in [0.1, 0.15) is 35.3 Å². The van der Waals surface area contributed by atoms with Gasteiger partial charge in [-0.1, -0.05) is 35.5 Å². The van der Waals surface area contributed by atoms with Crippen LogP contribution in [0, 0.1) is 5.92 Å². The predicted molar refractivity (Wildman–Crippen MR) is 94.9 cm³/mol. The summed E-state index contributed by atoms with van der Waals surface area (Å²) in [6, 6.07) is 11.3. The molecule has 0 saturated carbocycles. The van der Waals surface area contributed by atoms with Gasteiger partial charge in [0.25, 0.3) is 5.91 Å². The third kappa shape index (κ3) is 3.31. The summed E-state index contributed by atoms with van der Waals surface area (Å²) in [5, 5.41) is 7.72. The van der Waals surface area contributed by atoms with Crippen molar-refractivity contribution >= 4 is 5.91 Å². The lowest BCUT2D eigenvalue weighted by atomic mass is 9.83. The standard InChI is InChI=1S/C19H25N5O/c1-22-18(12-20-21-22)19(25)24-11-9-17-16(14-24)8-5-10-23(17)13-15-6-3-2-4-7-15/h2-4,6-7,12,16-17H,5,8-11,13-14H2,1H3/t16-,17-/m0/s1. The highest BCUT2D eigenvalue weighted by Gasteiger charge is 2.37. The number of amides is 1. The van der Waals surface area contributed by atoms with E-state index in [1.165, 1.54) is 18.4 Å². The maximum absolute atomic E-state index is 12.7. The van der Waals surface area contributed by atoms with E-state index >= 15 is 0 Å². The highest BCUT2D eigenvalue weighted by Crippen LogP contribution is 2.32. The van der Waals surface area contributed by atoms with Crippen LogP contribution in [0.15, 0.2) is 36.5 Å². The van der Waals surface area contributed by atoms with Crippen LogP contribution in [0.3, 0.4) is 0 Å². The van der Waals surface area contributed by atoms with Gasteiger partial charge in [-0.3, -0.25) is 9.69 Å². The summed E-state index contributed by atoms with van der Waals surface area (Å²) in [4.78, 5) is 17.4. The fraction of sp³-hybridized carbons (Fsp3) is 0.526. The van der Waals surface area contributed by atoms with Crippen LogP contribution < -0.4 is 0 Å². The van der Waals surface area contributed by atoms with Gasteiger partial charge < -0.3 is 4.90 Å². The average Bonchev–Trinajstić information content (AvgIpc) is 3.08. The van der Waals surface area contributed by atoms with Crippen molar-refractivity contribution in [3.8, 4) is 0 Å². The molecule has 2 aliphatic rings. The molecule has 0 bridgehead atoms. The number of carbonyl (C=O) groups excluding carboxylic acids is 1. The zero-order valence-corrected chi connectivity index (χ0v) is 14.7. The molecule has 2 aromatic rings. The highest BCUT2D eigenvalue weighted by atomic mass is 16.2. The van der Waals surface area contributed by atoms with Gasteiger partial charge >= 0.3 is 0 Å². The van der Waals surface area contributed by atoms with Gasteiger partial charge in [0.05, 0.1) is 6.20 Å². The average molecular weight is 339 g/mol. The molecule has 1 aromatic carbocycles. The largest absolute Gasteiger partial charge is 0.337 e. The van der Waals surface area contributed by atoms with E-state index in [1.54, 1.807) is 17.9 Å². The molecule has 3 heterocycles. The molecule has 132 valence electrons. The SMILES string of the molecule is Cn1nncc1C(=O)N1CC[C@H]2[C@@H](CCCN2Cc2ccccc2)C1. The molecule has 2 fully saturated rings. The third-order valence-electron chi connectivity index (χ3n) is 5.63. The summed E-state index contributed by atoms with van der Waals surface area (Å²) in [5.74, 6) is 0.627. The Morgan fingerprint density at radius 2 is 2.04 bits per heavy atom. The quantitative estimate of drug-likeness (QED) is 0.858. The predicted octanol–water partition coefficient (Wildman–Crippen LogP) is 1.94. The number of piperidine rings is 2. The molecule has 6 heteroatoms. The van der Waals surface area contributed by atoms with Crippen LogP contribution in [-0.2, 0) is 13.6 Å². The molecule has 6 nitrogen and oxygen atoms in total. The minimum atomic E-state index is 0.0612. The van der Waals surface area contributed by atoms with E-state index < -0.39 is 0 Å². The van der Waals surface area contributed by atoms with Gasteiger partial charge in [-0.2, -0.15) is 0 Å². The number of nitrogens with zero attached hydrogens (tertiary/aromatic N) is 5. The molecule has 2 atom stereocenters. The Morgan fingerprint density at radius 1 is 1.20 bits per heavy atom. The Kier molecular flexibility index (Phi) is 4.53. The summed E-state index contributed by atoms with van der Waals surface area (Å²) in [6.07, 6.45) is 5.04. The summed E-state index contributed by atoms with van der Waals surface area (Å²) in [7, 11) is 1.77. The summed E-state index contributed by atoms with van der Waals surface area (Å²) >= 11 is 0. The number of rotatable bonds is 3. The Labute approximate surface area is 148 Å². The van der Waals surface area contributed by atoms with E-state index in [9.17, 15) is 4.79 Å². The van der Waals surface area contributed by atoms with Gasteiger partial charge in [-0.15, -0.1) is 5.10 Å². The minimum Gasteiger partial charge on any atom is -0.337 e. The molecular weight excluding hydrogens is 314 g/mol. The van der Waals surface area contributed by atoms with E-state index in [0.29, 0.717) is 17.7 Å². The summed E-state index contributed by atoms with van der Waals surface area (Å²) < 4.78 is 1.57. The van der Waals surface area contributed by atoms with Crippen molar-refractivity contribution in [1.82, 2.24) is 24.8 Å². The Hall–Kier alpha value is -2.21. The number of aromatic nitrogens is 3. The zero-order valence-electron chi connectivity index (χ0n) is 14.7. The molecule has 0 spiro atoms.